The van der Waals surface area contributed by atoms with Crippen molar-refractivity contribution in [2.24, 2.45) is 0 Å². The van der Waals surface area contributed by atoms with Crippen LogP contribution in [0.2, 0.25) is 4.34 Å². The molecule has 0 spiro atoms. The van der Waals surface area contributed by atoms with Crippen molar-refractivity contribution in [2.45, 2.75) is 32.9 Å². The zero-order valence-electron chi connectivity index (χ0n) is 10.0. The van der Waals surface area contributed by atoms with Gasteiger partial charge in [0.15, 0.2) is 0 Å². The van der Waals surface area contributed by atoms with Crippen LogP contribution in [0, 0.1) is 0 Å². The minimum atomic E-state index is -0.210. The predicted octanol–water partition coefficient (Wildman–Crippen LogP) is 3.34. The third-order valence-electron chi connectivity index (χ3n) is 1.85. The zero-order chi connectivity index (χ0) is 12.3. The Morgan fingerprint density at radius 2 is 2.12 bits per heavy atom. The first-order chi connectivity index (χ1) is 7.28. The Labute approximate surface area is 105 Å². The van der Waals surface area contributed by atoms with Gasteiger partial charge in [-0.2, -0.15) is 0 Å². The molecule has 1 aromatic rings. The average molecular weight is 261 g/mol. The topological polar surface area (TPSA) is 32.3 Å². The Bertz CT molecular complexity index is 370. The number of nitrogens with one attached hydrogen (secondary N) is 1. The molecule has 3 nitrogen and oxygen atoms in total. The van der Waals surface area contributed by atoms with Gasteiger partial charge in [0.2, 0.25) is 0 Å². The number of nitrogens with zero attached hydrogens (tertiary/aromatic N) is 1. The molecular weight excluding hydrogens is 244 g/mol. The largest absolute Gasteiger partial charge is 0.333 e. The summed E-state index contributed by atoms with van der Waals surface area (Å²) >= 11 is 7.32. The lowest BCUT2D eigenvalue weighted by Crippen LogP contribution is -2.46. The summed E-state index contributed by atoms with van der Waals surface area (Å²) in [5.74, 6) is 0. The normalized spacial score (nSPS) is 11.3. The van der Waals surface area contributed by atoms with Gasteiger partial charge in [0.25, 0.3) is 0 Å². The summed E-state index contributed by atoms with van der Waals surface area (Å²) in [5.41, 5.74) is -0.210. The van der Waals surface area contributed by atoms with E-state index < -0.39 is 0 Å². The monoisotopic (exact) mass is 260 g/mol. The Hall–Kier alpha value is -0.740. The van der Waals surface area contributed by atoms with Crippen LogP contribution in [0.5, 0.6) is 0 Å². The highest BCUT2D eigenvalue weighted by molar-refractivity contribution is 7.16. The third-order valence-corrected chi connectivity index (χ3v) is 3.07. The minimum Gasteiger partial charge on any atom is -0.333 e. The van der Waals surface area contributed by atoms with E-state index in [9.17, 15) is 4.79 Å². The number of hydrogen-bond acceptors (Lipinski definition) is 2. The lowest BCUT2D eigenvalue weighted by Gasteiger charge is -2.25. The van der Waals surface area contributed by atoms with Crippen LogP contribution in [0.1, 0.15) is 25.6 Å². The minimum absolute atomic E-state index is 0.0722. The molecule has 0 aliphatic rings. The van der Waals surface area contributed by atoms with E-state index in [1.54, 1.807) is 11.9 Å². The highest BCUT2D eigenvalue weighted by Crippen LogP contribution is 2.22. The first-order valence-electron chi connectivity index (χ1n) is 5.05. The van der Waals surface area contributed by atoms with Crippen molar-refractivity contribution in [1.82, 2.24) is 10.2 Å². The van der Waals surface area contributed by atoms with Crippen molar-refractivity contribution in [3.05, 3.63) is 21.3 Å². The van der Waals surface area contributed by atoms with Crippen molar-refractivity contribution in [1.29, 1.82) is 0 Å². The predicted molar refractivity (Wildman–Crippen MR) is 69.1 cm³/mol. The van der Waals surface area contributed by atoms with Crippen LogP contribution in [0.4, 0.5) is 4.79 Å². The molecule has 0 fully saturated rings. The molecule has 16 heavy (non-hydrogen) atoms. The SMILES string of the molecule is CN(Cc1ccc(Cl)s1)C(=O)NC(C)(C)C. The summed E-state index contributed by atoms with van der Waals surface area (Å²) in [6.45, 7) is 6.46. The number of amides is 2. The van der Waals surface area contributed by atoms with E-state index in [0.717, 1.165) is 9.21 Å². The fourth-order valence-electron chi connectivity index (χ4n) is 1.16. The number of carbonyl (C=O) groups is 1. The van der Waals surface area contributed by atoms with E-state index in [-0.39, 0.29) is 11.6 Å². The number of hydrogen-bond donors (Lipinski definition) is 1. The summed E-state index contributed by atoms with van der Waals surface area (Å²) < 4.78 is 0.750. The highest BCUT2D eigenvalue weighted by atomic mass is 35.5. The van der Waals surface area contributed by atoms with Crippen LogP contribution in [0.25, 0.3) is 0 Å². The maximum atomic E-state index is 11.8. The molecule has 0 aliphatic heterocycles. The Morgan fingerprint density at radius 3 is 2.56 bits per heavy atom. The maximum absolute atomic E-state index is 11.8. The lowest BCUT2D eigenvalue weighted by molar-refractivity contribution is 0.198. The second-order valence-electron chi connectivity index (χ2n) is 4.74. The first-order valence-corrected chi connectivity index (χ1v) is 6.25. The van der Waals surface area contributed by atoms with E-state index in [0.29, 0.717) is 6.54 Å². The van der Waals surface area contributed by atoms with Crippen molar-refractivity contribution < 1.29 is 4.79 Å². The van der Waals surface area contributed by atoms with Gasteiger partial charge in [-0.15, -0.1) is 11.3 Å². The Balaban J connectivity index is 2.52. The molecule has 0 unspecified atom stereocenters. The number of carbonyl (C=O) groups excluding carboxylic acids is 1. The highest BCUT2D eigenvalue weighted by Gasteiger charge is 2.17. The molecule has 0 atom stereocenters. The van der Waals surface area contributed by atoms with Crippen molar-refractivity contribution >= 4 is 29.0 Å². The first kappa shape index (κ1) is 13.3. The van der Waals surface area contributed by atoms with Gasteiger partial charge in [0.1, 0.15) is 0 Å². The molecule has 5 heteroatoms. The second kappa shape index (κ2) is 5.06. The zero-order valence-corrected chi connectivity index (χ0v) is 11.6. The van der Waals surface area contributed by atoms with E-state index in [1.165, 1.54) is 11.3 Å². The number of thiophene rings is 1. The van der Waals surface area contributed by atoms with E-state index >= 15 is 0 Å². The summed E-state index contributed by atoms with van der Waals surface area (Å²) in [6.07, 6.45) is 0. The second-order valence-corrected chi connectivity index (χ2v) is 6.54. The quantitative estimate of drug-likeness (QED) is 0.869. The van der Waals surface area contributed by atoms with Crippen LogP contribution in [-0.2, 0) is 6.54 Å². The third kappa shape index (κ3) is 4.41. The Kier molecular flexibility index (Phi) is 4.21. The fraction of sp³-hybridized carbons (Fsp3) is 0.545. The molecular formula is C11H17ClN2OS. The number of urea groups is 1. The fourth-order valence-corrected chi connectivity index (χ4v) is 2.30. The number of rotatable bonds is 2. The molecule has 1 rings (SSSR count). The standard InChI is InChI=1S/C11H17ClN2OS/c1-11(2,3)13-10(15)14(4)7-8-5-6-9(12)16-8/h5-6H,7H2,1-4H3,(H,13,15). The molecule has 1 aromatic heterocycles. The van der Waals surface area contributed by atoms with Gasteiger partial charge < -0.3 is 10.2 Å². The van der Waals surface area contributed by atoms with Crippen LogP contribution >= 0.6 is 22.9 Å². The molecule has 0 aliphatic carbocycles. The van der Waals surface area contributed by atoms with Gasteiger partial charge in [-0.25, -0.2) is 4.79 Å². The van der Waals surface area contributed by atoms with Crippen LogP contribution < -0.4 is 5.32 Å². The van der Waals surface area contributed by atoms with Crippen molar-refractivity contribution in [3.63, 3.8) is 0 Å². The smallest absolute Gasteiger partial charge is 0.317 e. The van der Waals surface area contributed by atoms with Crippen LogP contribution in [0.15, 0.2) is 12.1 Å². The molecule has 2 amide bonds. The van der Waals surface area contributed by atoms with Crippen LogP contribution in [-0.4, -0.2) is 23.5 Å². The van der Waals surface area contributed by atoms with Gasteiger partial charge in [-0.1, -0.05) is 11.6 Å². The molecule has 0 saturated carbocycles. The lowest BCUT2D eigenvalue weighted by atomic mass is 10.1. The van der Waals surface area contributed by atoms with Gasteiger partial charge in [-0.05, 0) is 32.9 Å². The molecule has 1 heterocycles. The van der Waals surface area contributed by atoms with E-state index in [1.807, 2.05) is 32.9 Å². The van der Waals surface area contributed by atoms with Gasteiger partial charge in [-0.3, -0.25) is 0 Å². The van der Waals surface area contributed by atoms with Crippen molar-refractivity contribution in [2.75, 3.05) is 7.05 Å². The van der Waals surface area contributed by atoms with E-state index in [4.69, 9.17) is 11.6 Å². The summed E-state index contributed by atoms with van der Waals surface area (Å²) in [6, 6.07) is 3.71. The molecule has 1 N–H and O–H groups in total. The molecule has 0 saturated heterocycles. The summed E-state index contributed by atoms with van der Waals surface area (Å²) in [5, 5.41) is 2.90. The Morgan fingerprint density at radius 1 is 1.50 bits per heavy atom. The van der Waals surface area contributed by atoms with Crippen molar-refractivity contribution in [3.8, 4) is 0 Å². The van der Waals surface area contributed by atoms with Gasteiger partial charge in [0.05, 0.1) is 10.9 Å². The number of halogens is 1. The van der Waals surface area contributed by atoms with Gasteiger partial charge in [0, 0.05) is 17.5 Å². The molecule has 0 radical (unpaired) electrons. The molecule has 0 aromatic carbocycles. The average Bonchev–Trinajstić information content (AvgIpc) is 2.48. The summed E-state index contributed by atoms with van der Waals surface area (Å²) in [7, 11) is 1.77. The van der Waals surface area contributed by atoms with Crippen LogP contribution in [0.3, 0.4) is 0 Å². The maximum Gasteiger partial charge on any atom is 0.317 e. The summed E-state index contributed by atoms with van der Waals surface area (Å²) in [4.78, 5) is 14.5. The van der Waals surface area contributed by atoms with E-state index in [2.05, 4.69) is 5.32 Å². The molecule has 0 bridgehead atoms. The van der Waals surface area contributed by atoms with Gasteiger partial charge >= 0.3 is 6.03 Å². The molecule has 90 valence electrons.